The second-order valence-corrected chi connectivity index (χ2v) is 6.26. The van der Waals surface area contributed by atoms with Crippen LogP contribution in [0.3, 0.4) is 0 Å². The van der Waals surface area contributed by atoms with Crippen LogP contribution in [0, 0.1) is 0 Å². The van der Waals surface area contributed by atoms with Gasteiger partial charge in [0.25, 0.3) is 5.91 Å². The number of amides is 2. The lowest BCUT2D eigenvalue weighted by molar-refractivity contribution is 0.0595. The number of ether oxygens (including phenoxy) is 3. The van der Waals surface area contributed by atoms with Crippen molar-refractivity contribution in [3.63, 3.8) is 0 Å². The lowest BCUT2D eigenvalue weighted by atomic mass is 10.1. The summed E-state index contributed by atoms with van der Waals surface area (Å²) < 4.78 is 17.0. The van der Waals surface area contributed by atoms with Crippen molar-refractivity contribution in [3.8, 4) is 23.0 Å². The normalized spacial score (nSPS) is 13.2. The lowest BCUT2D eigenvalue weighted by Gasteiger charge is -2.25. The Bertz CT molecular complexity index is 863. The zero-order valence-electron chi connectivity index (χ0n) is 14.8. The van der Waals surface area contributed by atoms with Gasteiger partial charge in [0.15, 0.2) is 6.73 Å². The zero-order chi connectivity index (χ0) is 18.8. The van der Waals surface area contributed by atoms with Crippen LogP contribution < -0.4 is 19.9 Å². The molecule has 1 heterocycles. The minimum atomic E-state index is -0.577. The molecule has 0 radical (unpaired) electrons. The van der Waals surface area contributed by atoms with E-state index in [1.807, 2.05) is 13.8 Å². The third-order valence-electron chi connectivity index (χ3n) is 3.72. The lowest BCUT2D eigenvalue weighted by Crippen LogP contribution is -2.35. The number of nitrogens with zero attached hydrogens (tertiary/aromatic N) is 1. The minimum Gasteiger partial charge on any atom is -0.491 e. The Labute approximate surface area is 151 Å². The van der Waals surface area contributed by atoms with Gasteiger partial charge in [0.05, 0.1) is 11.7 Å². The standard InChI is InChI=1S/C19H20N2O5/c1-11(2)25-14-6-12(18(20)22)7-15(8-14)26-13-4-5-16-17(9-13)24-10-21(3)19(16)23/h4-9,11H,10H2,1-3H3,(H2,20,22). The van der Waals surface area contributed by atoms with E-state index in [-0.39, 0.29) is 24.3 Å². The number of hydrogen-bond acceptors (Lipinski definition) is 5. The van der Waals surface area contributed by atoms with Gasteiger partial charge in [-0.3, -0.25) is 9.59 Å². The maximum atomic E-state index is 12.1. The molecule has 7 nitrogen and oxygen atoms in total. The maximum absolute atomic E-state index is 12.1. The van der Waals surface area contributed by atoms with E-state index < -0.39 is 5.91 Å². The number of rotatable bonds is 5. The van der Waals surface area contributed by atoms with Gasteiger partial charge in [-0.15, -0.1) is 0 Å². The monoisotopic (exact) mass is 356 g/mol. The fourth-order valence-corrected chi connectivity index (χ4v) is 2.54. The van der Waals surface area contributed by atoms with Crippen molar-refractivity contribution in [2.75, 3.05) is 13.8 Å². The highest BCUT2D eigenvalue weighted by Crippen LogP contribution is 2.33. The summed E-state index contributed by atoms with van der Waals surface area (Å²) in [5.41, 5.74) is 6.14. The van der Waals surface area contributed by atoms with Gasteiger partial charge in [-0.1, -0.05) is 0 Å². The van der Waals surface area contributed by atoms with Gasteiger partial charge < -0.3 is 24.8 Å². The molecule has 0 spiro atoms. The molecule has 0 atom stereocenters. The van der Waals surface area contributed by atoms with Crippen molar-refractivity contribution >= 4 is 11.8 Å². The van der Waals surface area contributed by atoms with Crippen LogP contribution in [0.4, 0.5) is 0 Å². The zero-order valence-corrected chi connectivity index (χ0v) is 14.8. The highest BCUT2D eigenvalue weighted by Gasteiger charge is 2.23. The number of fused-ring (bicyclic) bond motifs is 1. The van der Waals surface area contributed by atoms with E-state index in [0.717, 1.165) is 0 Å². The van der Waals surface area contributed by atoms with Crippen molar-refractivity contribution in [3.05, 3.63) is 47.5 Å². The second-order valence-electron chi connectivity index (χ2n) is 6.26. The number of benzene rings is 2. The largest absolute Gasteiger partial charge is 0.491 e. The molecule has 1 aliphatic heterocycles. The molecule has 2 aromatic rings. The molecular formula is C19H20N2O5. The van der Waals surface area contributed by atoms with Gasteiger partial charge in [-0.25, -0.2) is 0 Å². The molecule has 26 heavy (non-hydrogen) atoms. The van der Waals surface area contributed by atoms with Gasteiger partial charge in [-0.05, 0) is 38.1 Å². The molecule has 0 bridgehead atoms. The van der Waals surface area contributed by atoms with E-state index in [1.54, 1.807) is 37.4 Å². The van der Waals surface area contributed by atoms with Gasteiger partial charge in [0.2, 0.25) is 5.91 Å². The first-order chi connectivity index (χ1) is 12.3. The average Bonchev–Trinajstić information content (AvgIpc) is 2.57. The Morgan fingerprint density at radius 1 is 1.15 bits per heavy atom. The number of carbonyl (C=O) groups is 2. The summed E-state index contributed by atoms with van der Waals surface area (Å²) in [7, 11) is 1.67. The summed E-state index contributed by atoms with van der Waals surface area (Å²) in [5.74, 6) is 1.12. The SMILES string of the molecule is CC(C)Oc1cc(Oc2ccc3c(c2)OCN(C)C3=O)cc(C(N)=O)c1. The summed E-state index contributed by atoms with van der Waals surface area (Å²) in [6.45, 7) is 3.94. The number of nitrogens with two attached hydrogens (primary N) is 1. The van der Waals surface area contributed by atoms with Crippen molar-refractivity contribution in [1.29, 1.82) is 0 Å². The van der Waals surface area contributed by atoms with Crippen molar-refractivity contribution in [2.45, 2.75) is 20.0 Å². The first-order valence-corrected chi connectivity index (χ1v) is 8.15. The number of primary amides is 1. The van der Waals surface area contributed by atoms with Crippen LogP contribution in [0.5, 0.6) is 23.0 Å². The van der Waals surface area contributed by atoms with Gasteiger partial charge in [-0.2, -0.15) is 0 Å². The summed E-state index contributed by atoms with van der Waals surface area (Å²) in [6, 6.07) is 9.73. The molecule has 3 rings (SSSR count). The molecule has 136 valence electrons. The Morgan fingerprint density at radius 2 is 1.88 bits per heavy atom. The van der Waals surface area contributed by atoms with Gasteiger partial charge in [0, 0.05) is 24.7 Å². The third-order valence-corrected chi connectivity index (χ3v) is 3.72. The molecule has 2 N–H and O–H groups in total. The predicted molar refractivity (Wildman–Crippen MR) is 94.8 cm³/mol. The summed E-state index contributed by atoms with van der Waals surface area (Å²) in [6.07, 6.45) is -0.0638. The molecule has 0 saturated carbocycles. The highest BCUT2D eigenvalue weighted by atomic mass is 16.5. The Balaban J connectivity index is 1.90. The van der Waals surface area contributed by atoms with Crippen LogP contribution in [0.15, 0.2) is 36.4 Å². The third kappa shape index (κ3) is 3.72. The highest BCUT2D eigenvalue weighted by molar-refractivity contribution is 5.97. The molecule has 0 fully saturated rings. The van der Waals surface area contributed by atoms with Crippen molar-refractivity contribution in [2.24, 2.45) is 5.73 Å². The quantitative estimate of drug-likeness (QED) is 0.889. The Kier molecular flexibility index (Phi) is 4.71. The molecule has 0 aliphatic carbocycles. The van der Waals surface area contributed by atoms with E-state index >= 15 is 0 Å². The van der Waals surface area contributed by atoms with Crippen LogP contribution in [-0.2, 0) is 0 Å². The molecule has 1 aliphatic rings. The molecule has 0 aromatic heterocycles. The minimum absolute atomic E-state index is 0.0638. The van der Waals surface area contributed by atoms with Crippen molar-refractivity contribution < 1.29 is 23.8 Å². The predicted octanol–water partition coefficient (Wildman–Crippen LogP) is 2.79. The van der Waals surface area contributed by atoms with E-state index in [9.17, 15) is 9.59 Å². The maximum Gasteiger partial charge on any atom is 0.259 e. The topological polar surface area (TPSA) is 91.1 Å². The summed E-state index contributed by atoms with van der Waals surface area (Å²) in [5, 5.41) is 0. The van der Waals surface area contributed by atoms with E-state index in [0.29, 0.717) is 28.6 Å². The smallest absolute Gasteiger partial charge is 0.259 e. The summed E-state index contributed by atoms with van der Waals surface area (Å²) in [4.78, 5) is 25.1. The molecule has 2 aromatic carbocycles. The van der Waals surface area contributed by atoms with Gasteiger partial charge in [0.1, 0.15) is 23.0 Å². The first kappa shape index (κ1) is 17.6. The van der Waals surface area contributed by atoms with Crippen molar-refractivity contribution in [1.82, 2.24) is 4.90 Å². The number of hydrogen-bond donors (Lipinski definition) is 1. The molecular weight excluding hydrogens is 336 g/mol. The summed E-state index contributed by atoms with van der Waals surface area (Å²) >= 11 is 0. The Hall–Kier alpha value is -3.22. The van der Waals surface area contributed by atoms with Crippen LogP contribution >= 0.6 is 0 Å². The Morgan fingerprint density at radius 3 is 2.58 bits per heavy atom. The van der Waals surface area contributed by atoms with Crippen LogP contribution in [-0.4, -0.2) is 36.6 Å². The van der Waals surface area contributed by atoms with E-state index in [4.69, 9.17) is 19.9 Å². The molecule has 0 unspecified atom stereocenters. The van der Waals surface area contributed by atoms with Crippen LogP contribution in [0.1, 0.15) is 34.6 Å². The second kappa shape index (κ2) is 6.95. The van der Waals surface area contributed by atoms with Crippen LogP contribution in [0.2, 0.25) is 0 Å². The molecule has 7 heteroatoms. The fraction of sp³-hybridized carbons (Fsp3) is 0.263. The van der Waals surface area contributed by atoms with E-state index in [2.05, 4.69) is 0 Å². The first-order valence-electron chi connectivity index (χ1n) is 8.15. The fourth-order valence-electron chi connectivity index (χ4n) is 2.54. The van der Waals surface area contributed by atoms with Crippen LogP contribution in [0.25, 0.3) is 0 Å². The number of carbonyl (C=O) groups excluding carboxylic acids is 2. The average molecular weight is 356 g/mol. The molecule has 0 saturated heterocycles. The molecule has 2 amide bonds. The van der Waals surface area contributed by atoms with Gasteiger partial charge >= 0.3 is 0 Å². The van der Waals surface area contributed by atoms with E-state index in [1.165, 1.54) is 11.0 Å².